The van der Waals surface area contributed by atoms with Gasteiger partial charge in [-0.15, -0.1) is 12.2 Å². The zero-order chi connectivity index (χ0) is 11.9. The third-order valence-corrected chi connectivity index (χ3v) is 2.61. The van der Waals surface area contributed by atoms with Gasteiger partial charge in [0.15, 0.2) is 0 Å². The number of nitrogens with zero attached hydrogens (tertiary/aromatic N) is 2. The Morgan fingerprint density at radius 3 is 1.47 bits per heavy atom. The van der Waals surface area contributed by atoms with Gasteiger partial charge in [-0.1, -0.05) is 0 Å². The minimum absolute atomic E-state index is 0.0324. The highest BCUT2D eigenvalue weighted by molar-refractivity contribution is 6.63. The number of rotatable bonds is 0. The van der Waals surface area contributed by atoms with E-state index in [9.17, 15) is 0 Å². The molecule has 1 aliphatic heterocycles. The number of terminal acetylenes is 1. The Morgan fingerprint density at radius 2 is 1.27 bits per heavy atom. The molecule has 0 aromatic heterocycles. The van der Waals surface area contributed by atoms with E-state index in [2.05, 4.69) is 69.4 Å². The lowest BCUT2D eigenvalue weighted by Gasteiger charge is -2.40. The third kappa shape index (κ3) is 2.31. The minimum atomic E-state index is 0.0324. The van der Waals surface area contributed by atoms with Crippen molar-refractivity contribution in [2.24, 2.45) is 0 Å². The Labute approximate surface area is 94.4 Å². The van der Waals surface area contributed by atoms with Crippen molar-refractivity contribution in [1.82, 2.24) is 9.62 Å². The molecule has 0 aromatic rings. The molecule has 1 aliphatic rings. The van der Waals surface area contributed by atoms with E-state index in [4.69, 9.17) is 6.42 Å². The summed E-state index contributed by atoms with van der Waals surface area (Å²) in [7, 11) is 0. The minimum Gasteiger partial charge on any atom is -0.385 e. The number of hydrogen-bond acceptors (Lipinski definition) is 2. The van der Waals surface area contributed by atoms with Crippen molar-refractivity contribution in [2.45, 2.75) is 52.6 Å². The zero-order valence-electron chi connectivity index (χ0n) is 10.7. The van der Waals surface area contributed by atoms with Crippen LogP contribution in [0.1, 0.15) is 41.5 Å². The Bertz CT molecular complexity index is 277. The second kappa shape index (κ2) is 3.52. The van der Waals surface area contributed by atoms with E-state index in [1.165, 1.54) is 0 Å². The summed E-state index contributed by atoms with van der Waals surface area (Å²) in [6.07, 6.45) is 9.82. The fourth-order valence-corrected chi connectivity index (χ4v) is 1.78. The predicted octanol–water partition coefficient (Wildman–Crippen LogP) is 2.33. The molecular weight excluding hydrogens is 183 g/mol. The second-order valence-electron chi connectivity index (χ2n) is 5.99. The van der Waals surface area contributed by atoms with Crippen LogP contribution in [0.4, 0.5) is 0 Å². The normalized spacial score (nSPS) is 17.3. The molecule has 0 bridgehead atoms. The first-order valence-electron chi connectivity index (χ1n) is 5.39. The Hall–Kier alpha value is -1.04. The predicted molar refractivity (Wildman–Crippen MR) is 66.9 cm³/mol. The molecule has 0 saturated carbocycles. The largest absolute Gasteiger partial charge is 0.465 e. The molecule has 0 spiro atoms. The van der Waals surface area contributed by atoms with Crippen molar-refractivity contribution in [3.8, 4) is 12.2 Å². The Kier molecular flexibility index (Phi) is 2.82. The van der Waals surface area contributed by atoms with E-state index in [0.717, 1.165) is 0 Å². The van der Waals surface area contributed by atoms with Gasteiger partial charge in [0.05, 0.1) is 0 Å². The summed E-state index contributed by atoms with van der Waals surface area (Å²) in [5, 5.41) is 0. The van der Waals surface area contributed by atoms with Gasteiger partial charge in [0.25, 0.3) is 0 Å². The van der Waals surface area contributed by atoms with Crippen LogP contribution in [0.25, 0.3) is 0 Å². The molecular formula is C12H21BN2. The van der Waals surface area contributed by atoms with Gasteiger partial charge < -0.3 is 9.62 Å². The highest BCUT2D eigenvalue weighted by atomic mass is 15.3. The molecule has 15 heavy (non-hydrogen) atoms. The summed E-state index contributed by atoms with van der Waals surface area (Å²) < 4.78 is 0. The van der Waals surface area contributed by atoms with Crippen LogP contribution in [-0.2, 0) is 0 Å². The lowest BCUT2D eigenvalue weighted by atomic mass is 9.69. The second-order valence-corrected chi connectivity index (χ2v) is 5.99. The summed E-state index contributed by atoms with van der Waals surface area (Å²) in [5.41, 5.74) is 0.126. The SMILES string of the molecule is C#CB1N(C(C)(C)C)C=CN1C(C)(C)C. The molecule has 0 N–H and O–H groups in total. The molecule has 0 radical (unpaired) electrons. The van der Waals surface area contributed by atoms with Crippen molar-refractivity contribution in [3.63, 3.8) is 0 Å². The Morgan fingerprint density at radius 1 is 0.933 bits per heavy atom. The van der Waals surface area contributed by atoms with Gasteiger partial charge >= 0.3 is 6.98 Å². The van der Waals surface area contributed by atoms with E-state index in [1.54, 1.807) is 0 Å². The first kappa shape index (κ1) is 12.0. The van der Waals surface area contributed by atoms with Gasteiger partial charge in [0.2, 0.25) is 0 Å². The summed E-state index contributed by atoms with van der Waals surface area (Å²) in [6.45, 7) is 13.1. The number of hydrogen-bond donors (Lipinski definition) is 0. The highest BCUT2D eigenvalue weighted by Crippen LogP contribution is 2.27. The average molecular weight is 204 g/mol. The van der Waals surface area contributed by atoms with Gasteiger partial charge in [0.1, 0.15) is 0 Å². The Balaban J connectivity index is 2.96. The van der Waals surface area contributed by atoms with Crippen molar-refractivity contribution in [2.75, 3.05) is 0 Å². The quantitative estimate of drug-likeness (QED) is 0.441. The molecule has 0 fully saturated rings. The lowest BCUT2D eigenvalue weighted by molar-refractivity contribution is 0.287. The summed E-state index contributed by atoms with van der Waals surface area (Å²) in [6, 6.07) is 0. The van der Waals surface area contributed by atoms with E-state index in [1.807, 2.05) is 0 Å². The standard InChI is InChI=1S/C12H21BN2/c1-8-13-14(11(2,3)4)9-10-15(13)12(5,6)7/h1,9-10H,2-7H3. The van der Waals surface area contributed by atoms with E-state index < -0.39 is 0 Å². The maximum absolute atomic E-state index is 5.63. The van der Waals surface area contributed by atoms with Crippen molar-refractivity contribution in [1.29, 1.82) is 0 Å². The molecule has 2 nitrogen and oxygen atoms in total. The fraction of sp³-hybridized carbons (Fsp3) is 0.667. The molecule has 0 amide bonds. The van der Waals surface area contributed by atoms with Crippen LogP contribution in [0.2, 0.25) is 0 Å². The average Bonchev–Trinajstić information content (AvgIpc) is 2.43. The van der Waals surface area contributed by atoms with Gasteiger partial charge in [-0.2, -0.15) is 0 Å². The van der Waals surface area contributed by atoms with E-state index in [0.29, 0.717) is 0 Å². The van der Waals surface area contributed by atoms with E-state index in [-0.39, 0.29) is 18.1 Å². The first-order chi connectivity index (χ1) is 6.68. The third-order valence-electron chi connectivity index (χ3n) is 2.61. The molecule has 3 heteroatoms. The van der Waals surface area contributed by atoms with Crippen LogP contribution < -0.4 is 0 Å². The molecule has 1 heterocycles. The molecule has 0 atom stereocenters. The van der Waals surface area contributed by atoms with Crippen molar-refractivity contribution >= 4 is 6.98 Å². The van der Waals surface area contributed by atoms with Crippen molar-refractivity contribution < 1.29 is 0 Å². The maximum atomic E-state index is 5.63. The van der Waals surface area contributed by atoms with Crippen molar-refractivity contribution in [3.05, 3.63) is 12.4 Å². The van der Waals surface area contributed by atoms with Gasteiger partial charge in [-0.3, -0.25) is 0 Å². The highest BCUT2D eigenvalue weighted by Gasteiger charge is 2.41. The summed E-state index contributed by atoms with van der Waals surface area (Å²) in [4.78, 5) is 4.44. The zero-order valence-corrected chi connectivity index (χ0v) is 10.7. The van der Waals surface area contributed by atoms with E-state index >= 15 is 0 Å². The van der Waals surface area contributed by atoms with Gasteiger partial charge in [-0.25, -0.2) is 0 Å². The first-order valence-corrected chi connectivity index (χ1v) is 5.39. The van der Waals surface area contributed by atoms with Gasteiger partial charge in [-0.05, 0) is 41.5 Å². The molecule has 0 unspecified atom stereocenters. The molecule has 0 aromatic carbocycles. The topological polar surface area (TPSA) is 6.48 Å². The van der Waals surface area contributed by atoms with Crippen LogP contribution in [0.15, 0.2) is 12.4 Å². The van der Waals surface area contributed by atoms with Crippen LogP contribution in [-0.4, -0.2) is 27.7 Å². The van der Waals surface area contributed by atoms with Gasteiger partial charge in [0, 0.05) is 23.5 Å². The molecule has 1 rings (SSSR count). The van der Waals surface area contributed by atoms with Crippen LogP contribution >= 0.6 is 0 Å². The summed E-state index contributed by atoms with van der Waals surface area (Å²) >= 11 is 0. The van der Waals surface area contributed by atoms with Crippen LogP contribution in [0.5, 0.6) is 0 Å². The smallest absolute Gasteiger partial charge is 0.385 e. The fourth-order valence-electron chi connectivity index (χ4n) is 1.78. The molecule has 0 saturated heterocycles. The monoisotopic (exact) mass is 204 g/mol. The molecule has 82 valence electrons. The van der Waals surface area contributed by atoms with Crippen LogP contribution in [0.3, 0.4) is 0 Å². The molecule has 0 aliphatic carbocycles. The summed E-state index contributed by atoms with van der Waals surface area (Å²) in [5.74, 6) is 2.87. The lowest BCUT2D eigenvalue weighted by Crippen LogP contribution is -2.55. The van der Waals surface area contributed by atoms with Crippen LogP contribution in [0, 0.1) is 12.2 Å². The maximum Gasteiger partial charge on any atom is 0.465 e.